The summed E-state index contributed by atoms with van der Waals surface area (Å²) in [6.07, 6.45) is 0. The number of hydrogen-bond donors (Lipinski definition) is 3. The SMILES string of the molecule is CCNC(=O)c1ccc(NS(=O)(=O)CC(=O)O)c(C)c1. The van der Waals surface area contributed by atoms with E-state index in [9.17, 15) is 18.0 Å². The Morgan fingerprint density at radius 1 is 1.30 bits per heavy atom. The number of aliphatic carboxylic acids is 1. The van der Waals surface area contributed by atoms with Gasteiger partial charge in [-0.1, -0.05) is 0 Å². The van der Waals surface area contributed by atoms with Gasteiger partial charge in [0.1, 0.15) is 0 Å². The summed E-state index contributed by atoms with van der Waals surface area (Å²) in [5.41, 5.74) is 1.19. The number of amides is 1. The van der Waals surface area contributed by atoms with Gasteiger partial charge in [0.15, 0.2) is 5.75 Å². The van der Waals surface area contributed by atoms with Crippen molar-refractivity contribution < 1.29 is 23.1 Å². The van der Waals surface area contributed by atoms with Gasteiger partial charge in [-0.05, 0) is 37.6 Å². The van der Waals surface area contributed by atoms with Crippen LogP contribution in [0.1, 0.15) is 22.8 Å². The van der Waals surface area contributed by atoms with Crippen LogP contribution < -0.4 is 10.0 Å². The summed E-state index contributed by atoms with van der Waals surface area (Å²) in [7, 11) is -3.95. The number of sulfonamides is 1. The van der Waals surface area contributed by atoms with Crippen molar-refractivity contribution in [1.29, 1.82) is 0 Å². The summed E-state index contributed by atoms with van der Waals surface area (Å²) in [5.74, 6) is -2.70. The lowest BCUT2D eigenvalue weighted by molar-refractivity contribution is -0.134. The number of carbonyl (C=O) groups excluding carboxylic acids is 1. The third-order valence-electron chi connectivity index (χ3n) is 2.40. The molecule has 0 fully saturated rings. The minimum absolute atomic E-state index is 0.249. The van der Waals surface area contributed by atoms with E-state index in [-0.39, 0.29) is 11.6 Å². The average Bonchev–Trinajstić information content (AvgIpc) is 2.30. The van der Waals surface area contributed by atoms with Gasteiger partial charge >= 0.3 is 5.97 Å². The van der Waals surface area contributed by atoms with Crippen molar-refractivity contribution >= 4 is 27.6 Å². The number of anilines is 1. The molecule has 0 saturated carbocycles. The zero-order chi connectivity index (χ0) is 15.3. The second-order valence-corrected chi connectivity index (χ2v) is 5.87. The first-order chi connectivity index (χ1) is 9.25. The van der Waals surface area contributed by atoms with Gasteiger partial charge < -0.3 is 10.4 Å². The first-order valence-electron chi connectivity index (χ1n) is 5.86. The van der Waals surface area contributed by atoms with Crippen molar-refractivity contribution in [3.8, 4) is 0 Å². The zero-order valence-corrected chi connectivity index (χ0v) is 12.0. The van der Waals surface area contributed by atoms with Gasteiger partial charge in [-0.2, -0.15) is 0 Å². The van der Waals surface area contributed by atoms with Gasteiger partial charge in [0.05, 0.1) is 5.69 Å². The fraction of sp³-hybridized carbons (Fsp3) is 0.333. The van der Waals surface area contributed by atoms with E-state index in [1.807, 2.05) is 0 Å². The van der Waals surface area contributed by atoms with Crippen LogP contribution in [0.2, 0.25) is 0 Å². The fourth-order valence-corrected chi connectivity index (χ4v) is 2.51. The molecule has 0 radical (unpaired) electrons. The van der Waals surface area contributed by atoms with Gasteiger partial charge in [0.25, 0.3) is 5.91 Å². The maximum absolute atomic E-state index is 11.6. The predicted molar refractivity (Wildman–Crippen MR) is 74.2 cm³/mol. The number of aryl methyl sites for hydroxylation is 1. The Kier molecular flexibility index (Phi) is 5.09. The molecular formula is C12H16N2O5S. The number of hydrogen-bond acceptors (Lipinski definition) is 4. The number of benzene rings is 1. The van der Waals surface area contributed by atoms with Crippen molar-refractivity contribution in [3.63, 3.8) is 0 Å². The lowest BCUT2D eigenvalue weighted by atomic mass is 10.1. The molecule has 0 bridgehead atoms. The van der Waals surface area contributed by atoms with Crippen molar-refractivity contribution in [3.05, 3.63) is 29.3 Å². The van der Waals surface area contributed by atoms with E-state index < -0.39 is 21.7 Å². The molecule has 0 aliphatic heterocycles. The predicted octanol–water partition coefficient (Wildman–Crippen LogP) is 0.571. The Balaban J connectivity index is 2.94. The maximum Gasteiger partial charge on any atom is 0.320 e. The van der Waals surface area contributed by atoms with Crippen LogP contribution in [0.3, 0.4) is 0 Å². The largest absolute Gasteiger partial charge is 0.480 e. The molecule has 20 heavy (non-hydrogen) atoms. The van der Waals surface area contributed by atoms with Crippen LogP contribution in [0.25, 0.3) is 0 Å². The normalized spacial score (nSPS) is 10.9. The Hall–Kier alpha value is -2.09. The van der Waals surface area contributed by atoms with Crippen molar-refractivity contribution in [2.24, 2.45) is 0 Å². The molecule has 3 N–H and O–H groups in total. The molecule has 0 saturated heterocycles. The highest BCUT2D eigenvalue weighted by Crippen LogP contribution is 2.18. The van der Waals surface area contributed by atoms with Crippen LogP contribution >= 0.6 is 0 Å². The molecular weight excluding hydrogens is 284 g/mol. The fourth-order valence-electron chi connectivity index (χ4n) is 1.55. The first-order valence-corrected chi connectivity index (χ1v) is 7.51. The first kappa shape index (κ1) is 16.0. The summed E-state index contributed by atoms with van der Waals surface area (Å²) < 4.78 is 25.2. The van der Waals surface area contributed by atoms with Gasteiger partial charge in [0, 0.05) is 12.1 Å². The topological polar surface area (TPSA) is 113 Å². The van der Waals surface area contributed by atoms with E-state index in [1.54, 1.807) is 13.8 Å². The van der Waals surface area contributed by atoms with E-state index >= 15 is 0 Å². The standard InChI is InChI=1S/C12H16N2O5S/c1-3-13-12(17)9-4-5-10(8(2)6-9)14-20(18,19)7-11(15)16/h4-6,14H,3,7H2,1-2H3,(H,13,17)(H,15,16). The lowest BCUT2D eigenvalue weighted by Crippen LogP contribution is -2.24. The molecule has 0 atom stereocenters. The van der Waals surface area contributed by atoms with Gasteiger partial charge in [-0.3, -0.25) is 14.3 Å². The summed E-state index contributed by atoms with van der Waals surface area (Å²) in [4.78, 5) is 22.0. The summed E-state index contributed by atoms with van der Waals surface area (Å²) in [6, 6.07) is 4.43. The third kappa shape index (κ3) is 4.54. The molecule has 0 unspecified atom stereocenters. The molecule has 0 aromatic heterocycles. The molecule has 0 aliphatic rings. The number of nitrogens with one attached hydrogen (secondary N) is 2. The Bertz CT molecular complexity index is 625. The second kappa shape index (κ2) is 6.38. The summed E-state index contributed by atoms with van der Waals surface area (Å²) >= 11 is 0. The summed E-state index contributed by atoms with van der Waals surface area (Å²) in [6.45, 7) is 3.91. The van der Waals surface area contributed by atoms with E-state index in [0.29, 0.717) is 17.7 Å². The maximum atomic E-state index is 11.6. The second-order valence-electron chi connectivity index (χ2n) is 4.14. The molecule has 1 amide bonds. The van der Waals surface area contributed by atoms with Crippen LogP contribution in [-0.4, -0.2) is 37.7 Å². The quantitative estimate of drug-likeness (QED) is 0.711. The molecule has 8 heteroatoms. The van der Waals surface area contributed by atoms with Crippen molar-refractivity contribution in [1.82, 2.24) is 5.32 Å². The summed E-state index contributed by atoms with van der Waals surface area (Å²) in [5, 5.41) is 11.1. The van der Waals surface area contributed by atoms with Gasteiger partial charge in [0.2, 0.25) is 10.0 Å². The minimum Gasteiger partial charge on any atom is -0.480 e. The van der Waals surface area contributed by atoms with E-state index in [2.05, 4.69) is 10.0 Å². The molecule has 7 nitrogen and oxygen atoms in total. The van der Waals surface area contributed by atoms with Crippen molar-refractivity contribution in [2.45, 2.75) is 13.8 Å². The molecule has 1 aromatic carbocycles. The number of carboxylic acids is 1. The number of rotatable bonds is 6. The van der Waals surface area contributed by atoms with Crippen LogP contribution in [0.4, 0.5) is 5.69 Å². The lowest BCUT2D eigenvalue weighted by Gasteiger charge is -2.10. The monoisotopic (exact) mass is 300 g/mol. The zero-order valence-electron chi connectivity index (χ0n) is 11.1. The Morgan fingerprint density at radius 2 is 1.95 bits per heavy atom. The van der Waals surface area contributed by atoms with Gasteiger partial charge in [-0.25, -0.2) is 8.42 Å². The third-order valence-corrected chi connectivity index (χ3v) is 3.56. The smallest absolute Gasteiger partial charge is 0.320 e. The van der Waals surface area contributed by atoms with Gasteiger partial charge in [-0.15, -0.1) is 0 Å². The van der Waals surface area contributed by atoms with E-state index in [4.69, 9.17) is 5.11 Å². The highest BCUT2D eigenvalue weighted by atomic mass is 32.2. The Morgan fingerprint density at radius 3 is 2.45 bits per heavy atom. The van der Waals surface area contributed by atoms with Crippen LogP contribution in [0, 0.1) is 6.92 Å². The number of carbonyl (C=O) groups is 2. The minimum atomic E-state index is -3.95. The average molecular weight is 300 g/mol. The van der Waals surface area contributed by atoms with Crippen LogP contribution in [-0.2, 0) is 14.8 Å². The van der Waals surface area contributed by atoms with Crippen LogP contribution in [0.5, 0.6) is 0 Å². The Labute approximate surface area is 117 Å². The highest BCUT2D eigenvalue weighted by Gasteiger charge is 2.17. The molecule has 0 heterocycles. The van der Waals surface area contributed by atoms with E-state index in [1.165, 1.54) is 18.2 Å². The molecule has 1 aromatic rings. The molecule has 0 aliphatic carbocycles. The van der Waals surface area contributed by atoms with E-state index in [0.717, 1.165) is 0 Å². The molecule has 1 rings (SSSR count). The highest BCUT2D eigenvalue weighted by molar-refractivity contribution is 7.93. The number of carboxylic acid groups (broad SMARTS) is 1. The molecule has 0 spiro atoms. The molecule has 110 valence electrons. The van der Waals surface area contributed by atoms with Crippen LogP contribution in [0.15, 0.2) is 18.2 Å². The van der Waals surface area contributed by atoms with Crippen molar-refractivity contribution in [2.75, 3.05) is 17.0 Å².